The van der Waals surface area contributed by atoms with Crippen molar-refractivity contribution in [2.75, 3.05) is 26.4 Å². The van der Waals surface area contributed by atoms with Gasteiger partial charge in [0.15, 0.2) is 0 Å². The Hall–Kier alpha value is -1.26. The van der Waals surface area contributed by atoms with Crippen LogP contribution in [0, 0.1) is 6.07 Å². The summed E-state index contributed by atoms with van der Waals surface area (Å²) in [5.74, 6) is 1.08. The molecule has 1 aromatic heterocycles. The normalized spacial score (nSPS) is 11.0. The lowest BCUT2D eigenvalue weighted by Gasteiger charge is -2.08. The molecule has 0 saturated carbocycles. The van der Waals surface area contributed by atoms with Crippen molar-refractivity contribution in [1.29, 1.82) is 0 Å². The molecule has 0 saturated heterocycles. The van der Waals surface area contributed by atoms with Crippen molar-refractivity contribution in [2.45, 2.75) is 4.90 Å². The van der Waals surface area contributed by atoms with Crippen molar-refractivity contribution in [1.82, 2.24) is 15.1 Å². The first-order valence-electron chi connectivity index (χ1n) is 5.54. The van der Waals surface area contributed by atoms with Crippen LogP contribution in [0.1, 0.15) is 0 Å². The van der Waals surface area contributed by atoms with Gasteiger partial charge in [-0.2, -0.15) is 5.10 Å². The minimum Gasteiger partial charge on any atom is -0.309 e. The van der Waals surface area contributed by atoms with E-state index in [1.807, 2.05) is 30.2 Å². The maximum absolute atomic E-state index is 3.96. The number of H-pyrrole nitrogens is 1. The predicted octanol–water partition coefficient (Wildman–Crippen LogP) is 2.53. The molecule has 0 spiro atoms. The third kappa shape index (κ3) is 3.61. The van der Waals surface area contributed by atoms with Crippen LogP contribution in [-0.2, 0) is 0 Å². The Labute approximate surface area is 106 Å². The number of rotatable bonds is 5. The molecule has 0 aliphatic carbocycles. The molecule has 2 aromatic rings. The van der Waals surface area contributed by atoms with Gasteiger partial charge in [-0.25, -0.2) is 0 Å². The van der Waals surface area contributed by atoms with Crippen LogP contribution in [0.2, 0.25) is 0 Å². The summed E-state index contributed by atoms with van der Waals surface area (Å²) in [5, 5.41) is 6.80. The van der Waals surface area contributed by atoms with Crippen LogP contribution in [0.15, 0.2) is 35.5 Å². The molecule has 89 valence electrons. The van der Waals surface area contributed by atoms with Crippen LogP contribution in [0.25, 0.3) is 11.1 Å². The predicted molar refractivity (Wildman–Crippen MR) is 72.1 cm³/mol. The van der Waals surface area contributed by atoms with Gasteiger partial charge in [0.05, 0.1) is 6.20 Å². The van der Waals surface area contributed by atoms with Gasteiger partial charge in [-0.1, -0.05) is 12.1 Å². The molecule has 0 atom stereocenters. The Morgan fingerprint density at radius 2 is 2.29 bits per heavy atom. The standard InChI is InChI=1S/C13H16N3S/c1-16(2)6-7-17-13-5-3-4-11(8-13)12-9-14-15-10-12/h3-4,8-10H,6-7H2,1-2H3,(H,14,15). The molecule has 1 heterocycles. The van der Waals surface area contributed by atoms with Gasteiger partial charge in [0, 0.05) is 29.0 Å². The van der Waals surface area contributed by atoms with Crippen molar-refractivity contribution < 1.29 is 0 Å². The molecule has 0 bridgehead atoms. The quantitative estimate of drug-likeness (QED) is 0.823. The molecular weight excluding hydrogens is 230 g/mol. The monoisotopic (exact) mass is 246 g/mol. The first-order valence-corrected chi connectivity index (χ1v) is 6.52. The van der Waals surface area contributed by atoms with Crippen LogP contribution in [-0.4, -0.2) is 41.5 Å². The molecule has 0 unspecified atom stereocenters. The van der Waals surface area contributed by atoms with Crippen LogP contribution < -0.4 is 0 Å². The molecule has 1 aromatic carbocycles. The van der Waals surface area contributed by atoms with E-state index >= 15 is 0 Å². The van der Waals surface area contributed by atoms with E-state index in [0.717, 1.165) is 17.9 Å². The number of benzene rings is 1. The summed E-state index contributed by atoms with van der Waals surface area (Å²) in [4.78, 5) is 3.37. The third-order valence-corrected chi connectivity index (χ3v) is 3.34. The number of hydrogen-bond acceptors (Lipinski definition) is 3. The van der Waals surface area contributed by atoms with Crippen molar-refractivity contribution in [3.8, 4) is 11.1 Å². The average molecular weight is 246 g/mol. The molecule has 2 rings (SSSR count). The summed E-state index contributed by atoms with van der Waals surface area (Å²) < 4.78 is 0. The zero-order valence-corrected chi connectivity index (χ0v) is 10.9. The number of nitrogens with one attached hydrogen (secondary N) is 1. The van der Waals surface area contributed by atoms with Crippen LogP contribution >= 0.6 is 11.8 Å². The zero-order chi connectivity index (χ0) is 12.1. The second-order valence-electron chi connectivity index (χ2n) is 4.08. The fourth-order valence-corrected chi connectivity index (χ4v) is 2.49. The first-order chi connectivity index (χ1) is 8.25. The SMILES string of the molecule is CN(C)CCSc1[c]ccc(-c2cn[nH]c2)c1. The van der Waals surface area contributed by atoms with Crippen molar-refractivity contribution >= 4 is 11.8 Å². The third-order valence-electron chi connectivity index (χ3n) is 2.40. The number of nitrogens with zero attached hydrogens (tertiary/aromatic N) is 2. The van der Waals surface area contributed by atoms with Gasteiger partial charge < -0.3 is 4.90 Å². The minimum absolute atomic E-state index is 1.08. The summed E-state index contributed by atoms with van der Waals surface area (Å²) in [5.41, 5.74) is 2.30. The molecule has 1 radical (unpaired) electrons. The second kappa shape index (κ2) is 5.89. The molecule has 1 N–H and O–H groups in total. The summed E-state index contributed by atoms with van der Waals surface area (Å²) in [6.07, 6.45) is 3.74. The van der Waals surface area contributed by atoms with E-state index in [0.29, 0.717) is 0 Å². The molecule has 17 heavy (non-hydrogen) atoms. The molecule has 0 fully saturated rings. The van der Waals surface area contributed by atoms with E-state index in [9.17, 15) is 0 Å². The van der Waals surface area contributed by atoms with Crippen molar-refractivity contribution in [2.24, 2.45) is 0 Å². The van der Waals surface area contributed by atoms with E-state index in [1.165, 1.54) is 10.5 Å². The molecule has 0 amide bonds. The van der Waals surface area contributed by atoms with E-state index in [4.69, 9.17) is 0 Å². The highest BCUT2D eigenvalue weighted by molar-refractivity contribution is 7.99. The van der Waals surface area contributed by atoms with Gasteiger partial charge in [-0.05, 0) is 31.8 Å². The lowest BCUT2D eigenvalue weighted by Crippen LogP contribution is -2.14. The highest BCUT2D eigenvalue weighted by Crippen LogP contribution is 2.24. The first kappa shape index (κ1) is 12.2. The Balaban J connectivity index is 2.02. The zero-order valence-electron chi connectivity index (χ0n) is 10.1. The highest BCUT2D eigenvalue weighted by Gasteiger charge is 2.01. The lowest BCUT2D eigenvalue weighted by atomic mass is 10.1. The molecular formula is C13H16N3S. The smallest absolute Gasteiger partial charge is 0.0565 e. The topological polar surface area (TPSA) is 31.9 Å². The maximum Gasteiger partial charge on any atom is 0.0565 e. The van der Waals surface area contributed by atoms with Gasteiger partial charge in [-0.15, -0.1) is 11.8 Å². The van der Waals surface area contributed by atoms with E-state index < -0.39 is 0 Å². The fraction of sp³-hybridized carbons (Fsp3) is 0.308. The molecule has 3 nitrogen and oxygen atoms in total. The summed E-state index contributed by atoms with van der Waals surface area (Å²) in [6.45, 7) is 1.08. The molecule has 0 aliphatic rings. The van der Waals surface area contributed by atoms with Crippen LogP contribution in [0.4, 0.5) is 0 Å². The van der Waals surface area contributed by atoms with Crippen molar-refractivity contribution in [3.63, 3.8) is 0 Å². The minimum atomic E-state index is 1.08. The number of aromatic amines is 1. The van der Waals surface area contributed by atoms with Gasteiger partial charge in [0.1, 0.15) is 0 Å². The van der Waals surface area contributed by atoms with Gasteiger partial charge in [0.25, 0.3) is 0 Å². The van der Waals surface area contributed by atoms with Gasteiger partial charge in [-0.3, -0.25) is 5.10 Å². The Bertz CT molecular complexity index is 451. The Morgan fingerprint density at radius 1 is 1.41 bits per heavy atom. The van der Waals surface area contributed by atoms with Crippen LogP contribution in [0.5, 0.6) is 0 Å². The largest absolute Gasteiger partial charge is 0.309 e. The molecule has 4 heteroatoms. The van der Waals surface area contributed by atoms with Gasteiger partial charge in [0.2, 0.25) is 0 Å². The average Bonchev–Trinajstić information content (AvgIpc) is 2.82. The Kier molecular flexibility index (Phi) is 4.23. The number of aromatic nitrogens is 2. The second-order valence-corrected chi connectivity index (χ2v) is 5.22. The summed E-state index contributed by atoms with van der Waals surface area (Å²) >= 11 is 1.83. The van der Waals surface area contributed by atoms with Gasteiger partial charge >= 0.3 is 0 Å². The number of hydrogen-bond donors (Lipinski definition) is 1. The fourth-order valence-electron chi connectivity index (χ4n) is 1.45. The van der Waals surface area contributed by atoms with E-state index in [2.05, 4.69) is 47.4 Å². The maximum atomic E-state index is 3.96. The van der Waals surface area contributed by atoms with Crippen LogP contribution in [0.3, 0.4) is 0 Å². The lowest BCUT2D eigenvalue weighted by molar-refractivity contribution is 0.437. The highest BCUT2D eigenvalue weighted by atomic mass is 32.2. The summed E-state index contributed by atoms with van der Waals surface area (Å²) in [7, 11) is 4.18. The van der Waals surface area contributed by atoms with Crippen molar-refractivity contribution in [3.05, 3.63) is 36.7 Å². The van der Waals surface area contributed by atoms with E-state index in [-0.39, 0.29) is 0 Å². The molecule has 0 aliphatic heterocycles. The van der Waals surface area contributed by atoms with E-state index in [1.54, 1.807) is 0 Å². The summed E-state index contributed by atoms with van der Waals surface area (Å²) in [6, 6.07) is 9.45. The Morgan fingerprint density at radius 3 is 3.00 bits per heavy atom. The number of thioether (sulfide) groups is 1.